The van der Waals surface area contributed by atoms with E-state index in [9.17, 15) is 19.7 Å². The van der Waals surface area contributed by atoms with E-state index in [1.807, 2.05) is 0 Å². The van der Waals surface area contributed by atoms with Gasteiger partial charge in [-0.05, 0) is 31.2 Å². The van der Waals surface area contributed by atoms with E-state index in [1.165, 1.54) is 0 Å². The summed E-state index contributed by atoms with van der Waals surface area (Å²) in [6.07, 6.45) is 0.905. The van der Waals surface area contributed by atoms with Gasteiger partial charge in [-0.2, -0.15) is 9.97 Å². The number of hydrogen-bond donors (Lipinski definition) is 1. The molecule has 11 nitrogen and oxygen atoms in total. The van der Waals surface area contributed by atoms with Crippen molar-refractivity contribution in [2.75, 3.05) is 30.1 Å². The molecule has 0 saturated carbocycles. The van der Waals surface area contributed by atoms with Crippen molar-refractivity contribution in [3.05, 3.63) is 45.5 Å². The first-order chi connectivity index (χ1) is 14.8. The van der Waals surface area contributed by atoms with E-state index in [2.05, 4.69) is 9.97 Å². The van der Waals surface area contributed by atoms with Gasteiger partial charge in [-0.1, -0.05) is 36.0 Å². The van der Waals surface area contributed by atoms with Gasteiger partial charge in [-0.15, -0.1) is 0 Å². The molecule has 0 spiro atoms. The molecule has 166 valence electrons. The lowest BCUT2D eigenvalue weighted by molar-refractivity contribution is -0.383. The molecule has 2 aromatic rings. The molecule has 1 heterocycles. The fourth-order valence-corrected chi connectivity index (χ4v) is 3.09. The largest absolute Gasteiger partial charge is 0.466 e. The maximum Gasteiger partial charge on any atom is 0.415 e. The number of hydrogen-bond acceptors (Lipinski definition) is 10. The molecule has 0 bridgehead atoms. The van der Waals surface area contributed by atoms with Gasteiger partial charge in [-0.25, -0.2) is 4.79 Å². The highest BCUT2D eigenvalue weighted by molar-refractivity contribution is 7.98. The molecule has 31 heavy (non-hydrogen) atoms. The third kappa shape index (κ3) is 6.28. The molecule has 1 amide bonds. The Morgan fingerprint density at radius 1 is 1.19 bits per heavy atom. The first-order valence-electron chi connectivity index (χ1n) is 9.34. The van der Waals surface area contributed by atoms with Crippen LogP contribution in [0.1, 0.15) is 25.0 Å². The van der Waals surface area contributed by atoms with Crippen LogP contribution in [0.25, 0.3) is 0 Å². The van der Waals surface area contributed by atoms with Crippen LogP contribution < -0.4 is 10.6 Å². The maximum atomic E-state index is 12.7. The molecular formula is C19H23N5O6S. The first-order valence-corrected chi connectivity index (χ1v) is 10.6. The van der Waals surface area contributed by atoms with Gasteiger partial charge in [0.25, 0.3) is 0 Å². The number of esters is 1. The highest BCUT2D eigenvalue weighted by atomic mass is 32.2. The molecule has 0 fully saturated rings. The monoisotopic (exact) mass is 449 g/mol. The molecule has 0 atom stereocenters. The van der Waals surface area contributed by atoms with Crippen molar-refractivity contribution < 1.29 is 24.0 Å². The normalized spacial score (nSPS) is 10.4. The molecule has 0 radical (unpaired) electrons. The third-order valence-electron chi connectivity index (χ3n) is 3.97. The Morgan fingerprint density at radius 3 is 2.48 bits per heavy atom. The molecule has 2 rings (SSSR count). The molecule has 0 aliphatic carbocycles. The van der Waals surface area contributed by atoms with Gasteiger partial charge in [0.15, 0.2) is 5.16 Å². The fraction of sp³-hybridized carbons (Fsp3) is 0.368. The molecule has 1 aromatic heterocycles. The topological polar surface area (TPSA) is 151 Å². The predicted octanol–water partition coefficient (Wildman–Crippen LogP) is 2.96. The summed E-state index contributed by atoms with van der Waals surface area (Å²) in [5.74, 6) is -1.01. The van der Waals surface area contributed by atoms with E-state index < -0.39 is 16.7 Å². The SMILES string of the molecule is CCOC(=O)Cc1cccc(CN(C(=O)OCC)c2nc(SC)nc(N)c2[N+](=O)[O-])c1. The summed E-state index contributed by atoms with van der Waals surface area (Å²) in [5.41, 5.74) is 6.46. The van der Waals surface area contributed by atoms with Crippen LogP contribution >= 0.6 is 11.8 Å². The molecule has 1 aromatic carbocycles. The van der Waals surface area contributed by atoms with Crippen molar-refractivity contribution in [2.45, 2.75) is 32.0 Å². The second kappa shape index (κ2) is 11.1. The second-order valence-electron chi connectivity index (χ2n) is 6.11. The van der Waals surface area contributed by atoms with Gasteiger partial charge < -0.3 is 15.2 Å². The van der Waals surface area contributed by atoms with Crippen LogP contribution in [0.3, 0.4) is 0 Å². The van der Waals surface area contributed by atoms with Crippen LogP contribution in [-0.4, -0.2) is 46.4 Å². The van der Waals surface area contributed by atoms with Crippen LogP contribution in [0.5, 0.6) is 0 Å². The summed E-state index contributed by atoms with van der Waals surface area (Å²) in [7, 11) is 0. The molecule has 0 saturated heterocycles. The number of thioether (sulfide) groups is 1. The Labute approximate surface area is 183 Å². The van der Waals surface area contributed by atoms with E-state index in [0.29, 0.717) is 11.1 Å². The Balaban J connectivity index is 2.48. The second-order valence-corrected chi connectivity index (χ2v) is 6.89. The van der Waals surface area contributed by atoms with Crippen LogP contribution in [0, 0.1) is 10.1 Å². The summed E-state index contributed by atoms with van der Waals surface area (Å²) >= 11 is 1.13. The zero-order valence-electron chi connectivity index (χ0n) is 17.4. The molecule has 0 aliphatic heterocycles. The summed E-state index contributed by atoms with van der Waals surface area (Å²) in [6.45, 7) is 3.56. The number of rotatable bonds is 9. The number of aromatic nitrogens is 2. The number of nitrogen functional groups attached to an aromatic ring is 1. The molecular weight excluding hydrogens is 426 g/mol. The number of anilines is 2. The predicted molar refractivity (Wildman–Crippen MR) is 115 cm³/mol. The highest BCUT2D eigenvalue weighted by Gasteiger charge is 2.31. The van der Waals surface area contributed by atoms with Gasteiger partial charge in [0.05, 0.1) is 31.1 Å². The van der Waals surface area contributed by atoms with Crippen LogP contribution in [-0.2, 0) is 27.2 Å². The number of carbonyl (C=O) groups excluding carboxylic acids is 2. The van der Waals surface area contributed by atoms with Crippen molar-refractivity contribution in [3.8, 4) is 0 Å². The molecule has 0 aliphatic rings. The minimum absolute atomic E-state index is 0.0539. The first kappa shape index (κ1) is 23.9. The smallest absolute Gasteiger partial charge is 0.415 e. The van der Waals surface area contributed by atoms with Crippen molar-refractivity contribution in [1.82, 2.24) is 9.97 Å². The van der Waals surface area contributed by atoms with E-state index in [-0.39, 0.29) is 48.9 Å². The maximum absolute atomic E-state index is 12.7. The Kier molecular flexibility index (Phi) is 8.55. The van der Waals surface area contributed by atoms with Crippen molar-refractivity contribution in [3.63, 3.8) is 0 Å². The zero-order valence-corrected chi connectivity index (χ0v) is 18.2. The minimum Gasteiger partial charge on any atom is -0.466 e. The van der Waals surface area contributed by atoms with E-state index in [4.69, 9.17) is 15.2 Å². The molecule has 2 N–H and O–H groups in total. The van der Waals surface area contributed by atoms with E-state index in [0.717, 1.165) is 16.7 Å². The van der Waals surface area contributed by atoms with Crippen LogP contribution in [0.2, 0.25) is 0 Å². The average Bonchev–Trinajstić information content (AvgIpc) is 2.71. The zero-order chi connectivity index (χ0) is 23.0. The van der Waals surface area contributed by atoms with Gasteiger partial charge >= 0.3 is 17.7 Å². The van der Waals surface area contributed by atoms with Gasteiger partial charge in [0, 0.05) is 0 Å². The van der Waals surface area contributed by atoms with Crippen molar-refractivity contribution in [1.29, 1.82) is 0 Å². The molecule has 12 heteroatoms. The van der Waals surface area contributed by atoms with Crippen molar-refractivity contribution in [2.24, 2.45) is 0 Å². The number of ether oxygens (including phenoxy) is 2. The van der Waals surface area contributed by atoms with Gasteiger partial charge in [0.2, 0.25) is 11.6 Å². The van der Waals surface area contributed by atoms with Crippen LogP contribution in [0.15, 0.2) is 29.4 Å². The quantitative estimate of drug-likeness (QED) is 0.199. The Bertz CT molecular complexity index is 971. The number of benzene rings is 1. The lowest BCUT2D eigenvalue weighted by Gasteiger charge is -2.21. The lowest BCUT2D eigenvalue weighted by atomic mass is 10.1. The number of nitrogens with zero attached hydrogens (tertiary/aromatic N) is 4. The number of amides is 1. The number of nitro groups is 1. The summed E-state index contributed by atoms with van der Waals surface area (Å²) in [6, 6.07) is 6.87. The number of nitrogens with two attached hydrogens (primary N) is 1. The Hall–Kier alpha value is -3.41. The molecule has 0 unspecified atom stereocenters. The summed E-state index contributed by atoms with van der Waals surface area (Å²) in [5, 5.41) is 11.8. The Morgan fingerprint density at radius 2 is 1.87 bits per heavy atom. The summed E-state index contributed by atoms with van der Waals surface area (Å²) < 4.78 is 10.0. The minimum atomic E-state index is -0.827. The van der Waals surface area contributed by atoms with E-state index >= 15 is 0 Å². The fourth-order valence-electron chi connectivity index (χ4n) is 2.72. The average molecular weight is 449 g/mol. The van der Waals surface area contributed by atoms with E-state index in [1.54, 1.807) is 44.4 Å². The van der Waals surface area contributed by atoms with Crippen molar-refractivity contribution >= 4 is 41.1 Å². The standard InChI is InChI=1S/C19H23N5O6S/c1-4-29-14(25)10-12-7-6-8-13(9-12)11-23(19(26)30-5-2)17-15(24(27)28)16(20)21-18(22-17)31-3/h6-9H,4-5,10-11H2,1-3H3,(H2,20,21,22). The highest BCUT2D eigenvalue weighted by Crippen LogP contribution is 2.34. The lowest BCUT2D eigenvalue weighted by Crippen LogP contribution is -2.33. The third-order valence-corrected chi connectivity index (χ3v) is 4.51. The summed E-state index contributed by atoms with van der Waals surface area (Å²) in [4.78, 5) is 44.4. The number of carbonyl (C=O) groups is 2. The van der Waals surface area contributed by atoms with Gasteiger partial charge in [0.1, 0.15) is 0 Å². The van der Waals surface area contributed by atoms with Gasteiger partial charge in [-0.3, -0.25) is 19.8 Å². The van der Waals surface area contributed by atoms with Crippen LogP contribution in [0.4, 0.5) is 22.1 Å².